The number of benzene rings is 1. The van der Waals surface area contributed by atoms with Gasteiger partial charge >= 0.3 is 0 Å². The summed E-state index contributed by atoms with van der Waals surface area (Å²) in [5.41, 5.74) is 1.42. The molecule has 2 aromatic rings. The van der Waals surface area contributed by atoms with Crippen molar-refractivity contribution in [2.24, 2.45) is 0 Å². The van der Waals surface area contributed by atoms with Gasteiger partial charge in [-0.2, -0.15) is 0 Å². The summed E-state index contributed by atoms with van der Waals surface area (Å²) >= 11 is 3.28. The van der Waals surface area contributed by atoms with E-state index in [-0.39, 0.29) is 12.4 Å². The van der Waals surface area contributed by atoms with Gasteiger partial charge in [0, 0.05) is 17.8 Å². The van der Waals surface area contributed by atoms with E-state index in [9.17, 15) is 4.39 Å². The number of hydrogen-bond donors (Lipinski definition) is 1. The number of pyridine rings is 1. The Labute approximate surface area is 112 Å². The van der Waals surface area contributed by atoms with Gasteiger partial charge in [-0.05, 0) is 46.6 Å². The van der Waals surface area contributed by atoms with E-state index in [1.807, 2.05) is 0 Å². The third-order valence-corrected chi connectivity index (χ3v) is 3.10. The molecular weight excluding hydrogens is 301 g/mol. The van der Waals surface area contributed by atoms with E-state index in [2.05, 4.69) is 20.9 Å². The molecule has 1 aromatic heterocycles. The van der Waals surface area contributed by atoms with Crippen molar-refractivity contribution in [1.82, 2.24) is 4.98 Å². The normalized spacial score (nSPS) is 10.4. The lowest BCUT2D eigenvalue weighted by atomic mass is 10.2. The Hall–Kier alpha value is -1.46. The molecule has 0 spiro atoms. The van der Waals surface area contributed by atoms with E-state index < -0.39 is 0 Å². The van der Waals surface area contributed by atoms with Crippen molar-refractivity contribution in [2.75, 3.05) is 0 Å². The van der Waals surface area contributed by atoms with Crippen LogP contribution in [0.15, 0.2) is 34.8 Å². The molecule has 94 valence electrons. The number of aromatic nitrogens is 1. The summed E-state index contributed by atoms with van der Waals surface area (Å²) in [5, 5.41) is 9.04. The smallest absolute Gasteiger partial charge is 0.219 e. The van der Waals surface area contributed by atoms with Gasteiger partial charge in [-0.3, -0.25) is 0 Å². The molecule has 1 aromatic carbocycles. The Kier molecular flexibility index (Phi) is 3.93. The fraction of sp³-hybridized carbons (Fsp3) is 0.154. The van der Waals surface area contributed by atoms with Gasteiger partial charge in [0.1, 0.15) is 11.6 Å². The van der Waals surface area contributed by atoms with Crippen LogP contribution < -0.4 is 4.74 Å². The van der Waals surface area contributed by atoms with E-state index >= 15 is 0 Å². The second kappa shape index (κ2) is 5.46. The molecule has 0 saturated carbocycles. The highest BCUT2D eigenvalue weighted by Crippen LogP contribution is 2.29. The van der Waals surface area contributed by atoms with Crippen LogP contribution in [0.2, 0.25) is 0 Å². The molecule has 18 heavy (non-hydrogen) atoms. The van der Waals surface area contributed by atoms with Crippen LogP contribution in [-0.2, 0) is 6.61 Å². The molecule has 0 aliphatic carbocycles. The van der Waals surface area contributed by atoms with Gasteiger partial charge in [0.05, 0.1) is 11.1 Å². The summed E-state index contributed by atoms with van der Waals surface area (Å²) in [4.78, 5) is 4.18. The van der Waals surface area contributed by atoms with Gasteiger partial charge in [0.25, 0.3) is 0 Å². The van der Waals surface area contributed by atoms with E-state index in [0.29, 0.717) is 21.8 Å². The lowest BCUT2D eigenvalue weighted by molar-refractivity contribution is 0.280. The highest BCUT2D eigenvalue weighted by molar-refractivity contribution is 9.10. The van der Waals surface area contributed by atoms with Crippen molar-refractivity contribution in [1.29, 1.82) is 0 Å². The molecule has 3 nitrogen and oxygen atoms in total. The summed E-state index contributed by atoms with van der Waals surface area (Å²) in [6.07, 6.45) is 0. The maximum atomic E-state index is 13.1. The number of ether oxygens (including phenoxy) is 1. The number of hydrogen-bond acceptors (Lipinski definition) is 3. The fourth-order valence-electron chi connectivity index (χ4n) is 1.46. The van der Waals surface area contributed by atoms with Gasteiger partial charge in [-0.1, -0.05) is 0 Å². The lowest BCUT2D eigenvalue weighted by Crippen LogP contribution is -1.96. The summed E-state index contributed by atoms with van der Waals surface area (Å²) in [6, 6.07) is 7.55. The summed E-state index contributed by atoms with van der Waals surface area (Å²) in [6.45, 7) is 1.71. The number of halogens is 2. The van der Waals surface area contributed by atoms with Crippen molar-refractivity contribution in [3.05, 3.63) is 51.9 Å². The quantitative estimate of drug-likeness (QED) is 0.942. The van der Waals surface area contributed by atoms with Crippen LogP contribution in [0.25, 0.3) is 0 Å². The average molecular weight is 312 g/mol. The van der Waals surface area contributed by atoms with Crippen LogP contribution in [-0.4, -0.2) is 10.1 Å². The molecule has 0 fully saturated rings. The zero-order valence-corrected chi connectivity index (χ0v) is 11.2. The van der Waals surface area contributed by atoms with Crippen molar-refractivity contribution < 1.29 is 14.2 Å². The maximum absolute atomic E-state index is 13.1. The third kappa shape index (κ3) is 2.86. The van der Waals surface area contributed by atoms with Crippen LogP contribution in [0.4, 0.5) is 4.39 Å². The standard InChI is InChI=1S/C13H11BrFNO2/c1-8-9(7-17)2-5-13(16-8)18-12-6-10(15)3-4-11(12)14/h2-6,17H,7H2,1H3. The molecule has 1 N–H and O–H groups in total. The molecule has 2 rings (SSSR count). The highest BCUT2D eigenvalue weighted by Gasteiger charge is 2.07. The molecule has 5 heteroatoms. The van der Waals surface area contributed by atoms with Gasteiger partial charge in [0.15, 0.2) is 0 Å². The number of aliphatic hydroxyl groups is 1. The average Bonchev–Trinajstić information content (AvgIpc) is 2.34. The van der Waals surface area contributed by atoms with E-state index in [1.54, 1.807) is 25.1 Å². The molecule has 0 bridgehead atoms. The van der Waals surface area contributed by atoms with E-state index in [0.717, 1.165) is 5.56 Å². The molecule has 1 heterocycles. The van der Waals surface area contributed by atoms with E-state index in [1.165, 1.54) is 12.1 Å². The third-order valence-electron chi connectivity index (χ3n) is 2.45. The number of aryl methyl sites for hydroxylation is 1. The molecule has 0 atom stereocenters. The van der Waals surface area contributed by atoms with Crippen LogP contribution >= 0.6 is 15.9 Å². The molecule has 0 radical (unpaired) electrons. The molecule has 0 amide bonds. The van der Waals surface area contributed by atoms with Gasteiger partial charge < -0.3 is 9.84 Å². The minimum Gasteiger partial charge on any atom is -0.438 e. The molecular formula is C13H11BrFNO2. The highest BCUT2D eigenvalue weighted by atomic mass is 79.9. The molecule has 0 unspecified atom stereocenters. The second-order valence-corrected chi connectivity index (χ2v) is 4.58. The largest absolute Gasteiger partial charge is 0.438 e. The first-order valence-electron chi connectivity index (χ1n) is 5.30. The van der Waals surface area contributed by atoms with Gasteiger partial charge in [0.2, 0.25) is 5.88 Å². The number of rotatable bonds is 3. The Bertz CT molecular complexity index is 575. The number of aliphatic hydroxyl groups excluding tert-OH is 1. The van der Waals surface area contributed by atoms with Crippen LogP contribution in [0.1, 0.15) is 11.3 Å². The predicted molar refractivity (Wildman–Crippen MR) is 69.1 cm³/mol. The Morgan fingerprint density at radius 3 is 2.78 bits per heavy atom. The fourth-order valence-corrected chi connectivity index (χ4v) is 1.79. The zero-order chi connectivity index (χ0) is 13.1. The Balaban J connectivity index is 2.28. The van der Waals surface area contributed by atoms with Crippen molar-refractivity contribution in [3.63, 3.8) is 0 Å². The monoisotopic (exact) mass is 311 g/mol. The first-order chi connectivity index (χ1) is 8.60. The molecule has 0 saturated heterocycles. The number of nitrogens with zero attached hydrogens (tertiary/aromatic N) is 1. The Morgan fingerprint density at radius 1 is 1.33 bits per heavy atom. The topological polar surface area (TPSA) is 42.4 Å². The van der Waals surface area contributed by atoms with Crippen LogP contribution in [0.3, 0.4) is 0 Å². The lowest BCUT2D eigenvalue weighted by Gasteiger charge is -2.09. The summed E-state index contributed by atoms with van der Waals surface area (Å²) in [5.74, 6) is 0.339. The van der Waals surface area contributed by atoms with Crippen molar-refractivity contribution in [2.45, 2.75) is 13.5 Å². The zero-order valence-electron chi connectivity index (χ0n) is 9.65. The summed E-state index contributed by atoms with van der Waals surface area (Å²) < 4.78 is 19.2. The Morgan fingerprint density at radius 2 is 2.11 bits per heavy atom. The second-order valence-electron chi connectivity index (χ2n) is 3.73. The van der Waals surface area contributed by atoms with Gasteiger partial charge in [-0.25, -0.2) is 9.37 Å². The van der Waals surface area contributed by atoms with Gasteiger partial charge in [-0.15, -0.1) is 0 Å². The molecule has 0 aliphatic rings. The first-order valence-corrected chi connectivity index (χ1v) is 6.09. The first kappa shape index (κ1) is 13.0. The minimum atomic E-state index is -0.378. The van der Waals surface area contributed by atoms with E-state index in [4.69, 9.17) is 9.84 Å². The van der Waals surface area contributed by atoms with Crippen molar-refractivity contribution in [3.8, 4) is 11.6 Å². The van der Waals surface area contributed by atoms with Crippen molar-refractivity contribution >= 4 is 15.9 Å². The maximum Gasteiger partial charge on any atom is 0.219 e. The van der Waals surface area contributed by atoms with Crippen LogP contribution in [0, 0.1) is 12.7 Å². The van der Waals surface area contributed by atoms with Crippen LogP contribution in [0.5, 0.6) is 11.6 Å². The minimum absolute atomic E-state index is 0.0667. The predicted octanol–water partition coefficient (Wildman–Crippen LogP) is 3.58. The summed E-state index contributed by atoms with van der Waals surface area (Å²) in [7, 11) is 0. The molecule has 0 aliphatic heterocycles. The SMILES string of the molecule is Cc1nc(Oc2cc(F)ccc2Br)ccc1CO.